The number of halogens is 1. The fourth-order valence-corrected chi connectivity index (χ4v) is 1.99. The van der Waals surface area contributed by atoms with Gasteiger partial charge in [-0.2, -0.15) is 0 Å². The highest BCUT2D eigenvalue weighted by atomic mass is 35.5. The molecule has 6 heteroatoms. The molecule has 0 aliphatic carbocycles. The molecule has 1 heterocycles. The van der Waals surface area contributed by atoms with Crippen LogP contribution in [0.5, 0.6) is 0 Å². The van der Waals surface area contributed by atoms with E-state index in [0.29, 0.717) is 10.9 Å². The smallest absolute Gasteiger partial charge is 0.322 e. The van der Waals surface area contributed by atoms with Gasteiger partial charge in [0.25, 0.3) is 5.91 Å². The van der Waals surface area contributed by atoms with Crippen molar-refractivity contribution in [3.63, 3.8) is 0 Å². The summed E-state index contributed by atoms with van der Waals surface area (Å²) in [5.41, 5.74) is 1.65. The molecule has 3 aromatic rings. The van der Waals surface area contributed by atoms with Gasteiger partial charge in [0.2, 0.25) is 5.89 Å². The van der Waals surface area contributed by atoms with E-state index in [1.54, 1.807) is 30.3 Å². The van der Waals surface area contributed by atoms with Crippen LogP contribution in [0.2, 0.25) is 5.02 Å². The summed E-state index contributed by atoms with van der Waals surface area (Å²) in [4.78, 5) is 11.8. The first-order chi connectivity index (χ1) is 11.2. The summed E-state index contributed by atoms with van der Waals surface area (Å²) in [7, 11) is 0. The molecule has 1 N–H and O–H groups in total. The topological polar surface area (TPSA) is 68.0 Å². The molecule has 0 unspecified atom stereocenters. The maximum Gasteiger partial charge on any atom is 0.322 e. The van der Waals surface area contributed by atoms with E-state index in [0.717, 1.165) is 11.1 Å². The second-order valence-electron chi connectivity index (χ2n) is 4.65. The lowest BCUT2D eigenvalue weighted by Crippen LogP contribution is -2.07. The van der Waals surface area contributed by atoms with Crippen LogP contribution in [-0.4, -0.2) is 16.1 Å². The van der Waals surface area contributed by atoms with Crippen molar-refractivity contribution in [1.29, 1.82) is 0 Å². The Balaban J connectivity index is 1.66. The molecule has 23 heavy (non-hydrogen) atoms. The predicted molar refractivity (Wildman–Crippen MR) is 88.8 cm³/mol. The number of aromatic nitrogens is 2. The number of rotatable bonds is 4. The molecule has 5 nitrogen and oxygen atoms in total. The van der Waals surface area contributed by atoms with Gasteiger partial charge in [0.15, 0.2) is 0 Å². The van der Waals surface area contributed by atoms with E-state index in [2.05, 4.69) is 15.5 Å². The minimum Gasteiger partial charge on any atom is -0.403 e. The fourth-order valence-electron chi connectivity index (χ4n) is 1.87. The van der Waals surface area contributed by atoms with Gasteiger partial charge < -0.3 is 4.42 Å². The minimum absolute atomic E-state index is 0.0395. The molecule has 0 atom stereocenters. The Morgan fingerprint density at radius 3 is 2.52 bits per heavy atom. The van der Waals surface area contributed by atoms with Crippen LogP contribution in [0.3, 0.4) is 0 Å². The number of carbonyl (C=O) groups is 1. The van der Waals surface area contributed by atoms with Crippen LogP contribution < -0.4 is 5.32 Å². The molecule has 114 valence electrons. The van der Waals surface area contributed by atoms with E-state index >= 15 is 0 Å². The molecule has 0 fully saturated rings. The highest BCUT2D eigenvalue weighted by Gasteiger charge is 2.09. The van der Waals surface area contributed by atoms with Crippen molar-refractivity contribution < 1.29 is 9.21 Å². The summed E-state index contributed by atoms with van der Waals surface area (Å²) in [5.74, 6) is -0.0378. The maximum absolute atomic E-state index is 11.8. The molecule has 0 radical (unpaired) electrons. The van der Waals surface area contributed by atoms with E-state index in [1.807, 2.05) is 30.3 Å². The largest absolute Gasteiger partial charge is 0.403 e. The summed E-state index contributed by atoms with van der Waals surface area (Å²) in [6.07, 6.45) is 3.10. The molecule has 0 bridgehead atoms. The van der Waals surface area contributed by atoms with Gasteiger partial charge in [0.1, 0.15) is 0 Å². The van der Waals surface area contributed by atoms with E-state index < -0.39 is 0 Å². The van der Waals surface area contributed by atoms with Crippen LogP contribution in [0.1, 0.15) is 5.56 Å². The third kappa shape index (κ3) is 4.05. The number of hydrogen-bond acceptors (Lipinski definition) is 4. The molecular formula is C17H12ClN3O2. The molecule has 0 spiro atoms. The molecule has 0 aliphatic rings. The third-order valence-electron chi connectivity index (χ3n) is 2.97. The molecule has 2 aromatic carbocycles. The van der Waals surface area contributed by atoms with Crippen LogP contribution in [-0.2, 0) is 4.79 Å². The van der Waals surface area contributed by atoms with E-state index in [1.165, 1.54) is 6.08 Å². The average Bonchev–Trinajstić information content (AvgIpc) is 3.03. The Hall–Kier alpha value is -2.92. The van der Waals surface area contributed by atoms with Gasteiger partial charge in [-0.05, 0) is 35.9 Å². The van der Waals surface area contributed by atoms with Crippen molar-refractivity contribution in [2.75, 3.05) is 5.32 Å². The van der Waals surface area contributed by atoms with Gasteiger partial charge in [-0.1, -0.05) is 47.0 Å². The number of nitrogens with one attached hydrogen (secondary N) is 1. The highest BCUT2D eigenvalue weighted by molar-refractivity contribution is 6.30. The van der Waals surface area contributed by atoms with Crippen LogP contribution in [0.25, 0.3) is 17.5 Å². The first-order valence-electron chi connectivity index (χ1n) is 6.84. The Bertz CT molecular complexity index is 827. The van der Waals surface area contributed by atoms with Crippen LogP contribution >= 0.6 is 11.6 Å². The Morgan fingerprint density at radius 2 is 1.78 bits per heavy atom. The molecule has 1 amide bonds. The summed E-state index contributed by atoms with van der Waals surface area (Å²) in [5, 5.41) is 10.8. The lowest BCUT2D eigenvalue weighted by Gasteiger charge is -1.96. The molecule has 0 aliphatic heterocycles. The van der Waals surface area contributed by atoms with Crippen molar-refractivity contribution in [2.45, 2.75) is 0 Å². The van der Waals surface area contributed by atoms with E-state index in [4.69, 9.17) is 16.0 Å². The van der Waals surface area contributed by atoms with E-state index in [-0.39, 0.29) is 11.9 Å². The predicted octanol–water partition coefficient (Wildman–Crippen LogP) is 4.04. The number of amides is 1. The van der Waals surface area contributed by atoms with Crippen LogP contribution in [0.15, 0.2) is 65.1 Å². The molecule has 1 aromatic heterocycles. The number of hydrogen-bond donors (Lipinski definition) is 1. The summed E-state index contributed by atoms with van der Waals surface area (Å²) in [6.45, 7) is 0. The first kappa shape index (κ1) is 15.0. The van der Waals surface area contributed by atoms with Crippen molar-refractivity contribution in [3.8, 4) is 11.5 Å². The maximum atomic E-state index is 11.8. The van der Waals surface area contributed by atoms with E-state index in [9.17, 15) is 4.79 Å². The SMILES string of the molecule is O=C(/C=C/c1ccccc1)Nc1nnc(-c2ccc(Cl)cc2)o1. The van der Waals surface area contributed by atoms with Gasteiger partial charge >= 0.3 is 6.01 Å². The van der Waals surface area contributed by atoms with Crippen LogP contribution in [0, 0.1) is 0 Å². The van der Waals surface area contributed by atoms with Gasteiger partial charge in [-0.15, -0.1) is 5.10 Å². The normalized spacial score (nSPS) is 10.8. The Morgan fingerprint density at radius 1 is 1.04 bits per heavy atom. The van der Waals surface area contributed by atoms with Crippen molar-refractivity contribution in [2.24, 2.45) is 0 Å². The zero-order valence-electron chi connectivity index (χ0n) is 11.9. The molecular weight excluding hydrogens is 314 g/mol. The summed E-state index contributed by atoms with van der Waals surface area (Å²) >= 11 is 5.83. The zero-order chi connectivity index (χ0) is 16.1. The number of anilines is 1. The molecule has 0 saturated heterocycles. The lowest BCUT2D eigenvalue weighted by molar-refractivity contribution is -0.112. The van der Waals surface area contributed by atoms with Crippen molar-refractivity contribution in [3.05, 3.63) is 71.3 Å². The van der Waals surface area contributed by atoms with Gasteiger partial charge in [-0.25, -0.2) is 0 Å². The number of nitrogens with zero attached hydrogens (tertiary/aromatic N) is 2. The second kappa shape index (κ2) is 6.89. The summed E-state index contributed by atoms with van der Waals surface area (Å²) < 4.78 is 5.40. The fraction of sp³-hybridized carbons (Fsp3) is 0. The Kier molecular flexibility index (Phi) is 4.49. The standard InChI is InChI=1S/C17H12ClN3O2/c18-14-9-7-13(8-10-14)16-20-21-17(23-16)19-15(22)11-6-12-4-2-1-3-5-12/h1-11H,(H,19,21,22)/b11-6+. The van der Waals surface area contributed by atoms with Crippen molar-refractivity contribution in [1.82, 2.24) is 10.2 Å². The summed E-state index contributed by atoms with van der Waals surface area (Å²) in [6, 6.07) is 16.5. The lowest BCUT2D eigenvalue weighted by atomic mass is 10.2. The quantitative estimate of drug-likeness (QED) is 0.735. The zero-order valence-corrected chi connectivity index (χ0v) is 12.7. The number of benzene rings is 2. The first-order valence-corrected chi connectivity index (χ1v) is 7.22. The average molecular weight is 326 g/mol. The Labute approximate surface area is 137 Å². The van der Waals surface area contributed by atoms with Gasteiger partial charge in [0, 0.05) is 16.7 Å². The monoisotopic (exact) mass is 325 g/mol. The molecule has 0 saturated carbocycles. The second-order valence-corrected chi connectivity index (χ2v) is 5.09. The van der Waals surface area contributed by atoms with Crippen LogP contribution in [0.4, 0.5) is 6.01 Å². The molecule has 3 rings (SSSR count). The number of carbonyl (C=O) groups excluding carboxylic acids is 1. The van der Waals surface area contributed by atoms with Gasteiger partial charge in [0.05, 0.1) is 0 Å². The highest BCUT2D eigenvalue weighted by Crippen LogP contribution is 2.21. The van der Waals surface area contributed by atoms with Crippen molar-refractivity contribution >= 4 is 29.6 Å². The third-order valence-corrected chi connectivity index (χ3v) is 3.23. The minimum atomic E-state index is -0.347. The van der Waals surface area contributed by atoms with Gasteiger partial charge in [-0.3, -0.25) is 10.1 Å².